The van der Waals surface area contributed by atoms with Gasteiger partial charge < -0.3 is 9.80 Å². The normalized spacial score (nSPS) is 22.9. The van der Waals surface area contributed by atoms with Gasteiger partial charge in [0, 0.05) is 51.4 Å². The fourth-order valence-electron chi connectivity index (χ4n) is 6.25. The van der Waals surface area contributed by atoms with Crippen molar-refractivity contribution in [2.45, 2.75) is 33.1 Å². The SMILES string of the molecule is CC1(C)C2CC=C(CN(CCN3CCN(C(=O)c4ccccc4)CC3)C(=O)Cc3ccccc3)C1C2. The number of fused-ring (bicyclic) bond motifs is 1. The van der Waals surface area contributed by atoms with E-state index >= 15 is 0 Å². The third kappa shape index (κ3) is 5.27. The molecule has 4 aliphatic rings. The first-order valence-corrected chi connectivity index (χ1v) is 13.5. The van der Waals surface area contributed by atoms with Crippen molar-refractivity contribution in [2.75, 3.05) is 45.8 Å². The average molecular weight is 486 g/mol. The third-order valence-corrected chi connectivity index (χ3v) is 8.87. The summed E-state index contributed by atoms with van der Waals surface area (Å²) in [4.78, 5) is 32.7. The van der Waals surface area contributed by atoms with Crippen LogP contribution in [0.4, 0.5) is 0 Å². The molecule has 1 aliphatic heterocycles. The number of amides is 2. The molecule has 0 N–H and O–H groups in total. The molecule has 36 heavy (non-hydrogen) atoms. The van der Waals surface area contributed by atoms with Gasteiger partial charge in [0.2, 0.25) is 5.91 Å². The van der Waals surface area contributed by atoms with Gasteiger partial charge in [0.25, 0.3) is 5.91 Å². The third-order valence-electron chi connectivity index (χ3n) is 8.87. The van der Waals surface area contributed by atoms with Crippen LogP contribution in [0, 0.1) is 17.3 Å². The van der Waals surface area contributed by atoms with E-state index in [-0.39, 0.29) is 11.8 Å². The summed E-state index contributed by atoms with van der Waals surface area (Å²) in [5, 5.41) is 0. The van der Waals surface area contributed by atoms with Gasteiger partial charge >= 0.3 is 0 Å². The topological polar surface area (TPSA) is 43.9 Å². The second kappa shape index (κ2) is 10.6. The standard InChI is InChI=1S/C31H39N3O2/c1-31(2)27-14-13-26(28(31)22-27)23-34(29(35)21-24-9-5-3-6-10-24)20-17-32-15-18-33(19-16-32)30(36)25-11-7-4-8-12-25/h3-13,27-28H,14-23H2,1-2H3. The minimum absolute atomic E-state index is 0.112. The predicted octanol–water partition coefficient (Wildman–Crippen LogP) is 4.51. The molecule has 6 rings (SSSR count). The van der Waals surface area contributed by atoms with E-state index in [1.165, 1.54) is 12.0 Å². The second-order valence-electron chi connectivity index (χ2n) is 11.3. The molecule has 2 fully saturated rings. The Morgan fingerprint density at radius 3 is 2.25 bits per heavy atom. The van der Waals surface area contributed by atoms with Gasteiger partial charge in [-0.25, -0.2) is 0 Å². The summed E-state index contributed by atoms with van der Waals surface area (Å²) in [6.45, 7) is 10.3. The van der Waals surface area contributed by atoms with E-state index in [4.69, 9.17) is 0 Å². The van der Waals surface area contributed by atoms with E-state index in [0.29, 0.717) is 17.8 Å². The second-order valence-corrected chi connectivity index (χ2v) is 11.3. The highest BCUT2D eigenvalue weighted by atomic mass is 16.2. The zero-order valence-electron chi connectivity index (χ0n) is 21.7. The number of rotatable bonds is 8. The van der Waals surface area contributed by atoms with E-state index in [1.807, 2.05) is 65.6 Å². The average Bonchev–Trinajstić information content (AvgIpc) is 2.92. The molecule has 1 saturated carbocycles. The van der Waals surface area contributed by atoms with Gasteiger partial charge in [0.05, 0.1) is 6.42 Å². The molecular formula is C31H39N3O2. The van der Waals surface area contributed by atoms with E-state index in [1.54, 1.807) is 0 Å². The highest BCUT2D eigenvalue weighted by molar-refractivity contribution is 5.94. The lowest BCUT2D eigenvalue weighted by atomic mass is 9.49. The monoisotopic (exact) mass is 485 g/mol. The minimum Gasteiger partial charge on any atom is -0.337 e. The molecule has 2 unspecified atom stereocenters. The maximum absolute atomic E-state index is 13.5. The van der Waals surface area contributed by atoms with Crippen LogP contribution in [0.25, 0.3) is 0 Å². The number of nitrogens with zero attached hydrogens (tertiary/aromatic N) is 3. The highest BCUT2D eigenvalue weighted by Crippen LogP contribution is 2.59. The first kappa shape index (κ1) is 24.8. The van der Waals surface area contributed by atoms with Crippen molar-refractivity contribution in [1.29, 1.82) is 0 Å². The van der Waals surface area contributed by atoms with Crippen LogP contribution in [0.1, 0.15) is 42.6 Å². The van der Waals surface area contributed by atoms with Gasteiger partial charge in [-0.15, -0.1) is 0 Å². The van der Waals surface area contributed by atoms with Gasteiger partial charge in [0.15, 0.2) is 0 Å². The largest absolute Gasteiger partial charge is 0.337 e. The Balaban J connectivity index is 1.19. The quantitative estimate of drug-likeness (QED) is 0.517. The zero-order chi connectivity index (χ0) is 25.1. The summed E-state index contributed by atoms with van der Waals surface area (Å²) in [5.74, 6) is 1.73. The predicted molar refractivity (Wildman–Crippen MR) is 144 cm³/mol. The molecule has 5 heteroatoms. The molecule has 5 nitrogen and oxygen atoms in total. The lowest BCUT2D eigenvalue weighted by molar-refractivity contribution is -0.130. The molecule has 1 saturated heterocycles. The molecule has 190 valence electrons. The molecule has 2 aromatic rings. The van der Waals surface area contributed by atoms with Crippen molar-refractivity contribution >= 4 is 11.8 Å². The molecule has 2 bridgehead atoms. The number of allylic oxidation sites excluding steroid dienone is 1. The maximum Gasteiger partial charge on any atom is 0.253 e. The van der Waals surface area contributed by atoms with Crippen LogP contribution in [0.2, 0.25) is 0 Å². The number of piperazine rings is 1. The Kier molecular flexibility index (Phi) is 7.29. The summed E-state index contributed by atoms with van der Waals surface area (Å²) in [6.07, 6.45) is 5.29. The number of hydrogen-bond donors (Lipinski definition) is 0. The van der Waals surface area contributed by atoms with Crippen molar-refractivity contribution in [3.8, 4) is 0 Å². The Morgan fingerprint density at radius 2 is 1.61 bits per heavy atom. The summed E-state index contributed by atoms with van der Waals surface area (Å²) in [7, 11) is 0. The van der Waals surface area contributed by atoms with E-state index in [2.05, 4.69) is 29.7 Å². The summed E-state index contributed by atoms with van der Waals surface area (Å²) in [6, 6.07) is 19.6. The molecule has 0 spiro atoms. The van der Waals surface area contributed by atoms with E-state index in [9.17, 15) is 9.59 Å². The molecule has 2 amide bonds. The van der Waals surface area contributed by atoms with Crippen LogP contribution in [-0.4, -0.2) is 72.3 Å². The van der Waals surface area contributed by atoms with Crippen molar-refractivity contribution in [3.05, 3.63) is 83.4 Å². The number of carbonyl (C=O) groups excluding carboxylic acids is 2. The summed E-state index contributed by atoms with van der Waals surface area (Å²) < 4.78 is 0. The Labute approximate surface area is 215 Å². The molecule has 2 atom stereocenters. The number of benzene rings is 2. The smallest absolute Gasteiger partial charge is 0.253 e. The van der Waals surface area contributed by atoms with Gasteiger partial charge in [-0.3, -0.25) is 14.5 Å². The molecule has 0 aromatic heterocycles. The molecule has 1 heterocycles. The van der Waals surface area contributed by atoms with Gasteiger partial charge in [-0.05, 0) is 47.8 Å². The van der Waals surface area contributed by atoms with E-state index in [0.717, 1.165) is 69.3 Å². The first-order chi connectivity index (χ1) is 17.4. The molecular weight excluding hydrogens is 446 g/mol. The number of carbonyl (C=O) groups is 2. The minimum atomic E-state index is 0.112. The van der Waals surface area contributed by atoms with Crippen molar-refractivity contribution < 1.29 is 9.59 Å². The Morgan fingerprint density at radius 1 is 0.944 bits per heavy atom. The fourth-order valence-corrected chi connectivity index (χ4v) is 6.25. The fraction of sp³-hybridized carbons (Fsp3) is 0.484. The first-order valence-electron chi connectivity index (χ1n) is 13.5. The molecule has 0 radical (unpaired) electrons. The van der Waals surface area contributed by atoms with Crippen LogP contribution in [0.15, 0.2) is 72.3 Å². The van der Waals surface area contributed by atoms with Crippen LogP contribution in [0.5, 0.6) is 0 Å². The maximum atomic E-state index is 13.5. The molecule has 3 aliphatic carbocycles. The van der Waals surface area contributed by atoms with Gasteiger partial charge in [-0.1, -0.05) is 74.0 Å². The lowest BCUT2D eigenvalue weighted by Crippen LogP contribution is -2.52. The Hall–Kier alpha value is -2.92. The zero-order valence-corrected chi connectivity index (χ0v) is 21.7. The lowest BCUT2D eigenvalue weighted by Gasteiger charge is -2.57. The van der Waals surface area contributed by atoms with Crippen LogP contribution >= 0.6 is 0 Å². The Bertz CT molecular complexity index is 1090. The van der Waals surface area contributed by atoms with Crippen LogP contribution in [-0.2, 0) is 11.2 Å². The highest BCUT2D eigenvalue weighted by Gasteiger charge is 2.51. The molecule has 2 aromatic carbocycles. The summed E-state index contributed by atoms with van der Waals surface area (Å²) in [5.41, 5.74) is 3.65. The van der Waals surface area contributed by atoms with Gasteiger partial charge in [0.1, 0.15) is 0 Å². The van der Waals surface area contributed by atoms with Crippen molar-refractivity contribution in [1.82, 2.24) is 14.7 Å². The number of hydrogen-bond acceptors (Lipinski definition) is 3. The van der Waals surface area contributed by atoms with Crippen molar-refractivity contribution in [2.24, 2.45) is 17.3 Å². The summed E-state index contributed by atoms with van der Waals surface area (Å²) >= 11 is 0. The van der Waals surface area contributed by atoms with Gasteiger partial charge in [-0.2, -0.15) is 0 Å². The van der Waals surface area contributed by atoms with Crippen molar-refractivity contribution in [3.63, 3.8) is 0 Å². The van der Waals surface area contributed by atoms with Crippen LogP contribution in [0.3, 0.4) is 0 Å². The van der Waals surface area contributed by atoms with E-state index < -0.39 is 0 Å². The van der Waals surface area contributed by atoms with Crippen LogP contribution < -0.4 is 0 Å².